The van der Waals surface area contributed by atoms with Crippen LogP contribution in [0, 0.1) is 6.92 Å². The summed E-state index contributed by atoms with van der Waals surface area (Å²) < 4.78 is 0. The summed E-state index contributed by atoms with van der Waals surface area (Å²) in [6.07, 6.45) is 2.56. The molecule has 1 aromatic rings. The Morgan fingerprint density at radius 2 is 1.76 bits per heavy atom. The van der Waals surface area contributed by atoms with Gasteiger partial charge in [-0.1, -0.05) is 29.8 Å². The van der Waals surface area contributed by atoms with Crippen LogP contribution in [0.15, 0.2) is 24.3 Å². The molecule has 2 rings (SSSR count). The molecule has 0 amide bonds. The van der Waals surface area contributed by atoms with E-state index in [-0.39, 0.29) is 12.4 Å². The Hall–Kier alpha value is -0.570. The average Bonchev–Trinajstić information content (AvgIpc) is 2.33. The van der Waals surface area contributed by atoms with Crippen LogP contribution in [0.1, 0.15) is 24.0 Å². The van der Waals surface area contributed by atoms with Crippen LogP contribution in [0.2, 0.25) is 0 Å². The van der Waals surface area contributed by atoms with Gasteiger partial charge in [-0.3, -0.25) is 4.90 Å². The zero-order chi connectivity index (χ0) is 11.4. The molecule has 0 spiro atoms. The quantitative estimate of drug-likeness (QED) is 0.892. The van der Waals surface area contributed by atoms with Gasteiger partial charge >= 0.3 is 0 Å². The van der Waals surface area contributed by atoms with Crippen molar-refractivity contribution in [3.63, 3.8) is 0 Å². The monoisotopic (exact) mass is 254 g/mol. The lowest BCUT2D eigenvalue weighted by Gasteiger charge is -2.31. The number of halogens is 1. The standard InChI is InChI=1S/C14H22N2.ClH/c1-12-3-5-13(6-4-12)11-16(2)14-7-9-15-10-8-14;/h3-6,14-15H,7-11H2,1-2H3;1H. The zero-order valence-electron chi connectivity index (χ0n) is 10.8. The topological polar surface area (TPSA) is 15.3 Å². The molecule has 17 heavy (non-hydrogen) atoms. The molecule has 0 aliphatic carbocycles. The predicted molar refractivity (Wildman–Crippen MR) is 75.8 cm³/mol. The number of nitrogens with zero attached hydrogens (tertiary/aromatic N) is 1. The van der Waals surface area contributed by atoms with E-state index < -0.39 is 0 Å². The van der Waals surface area contributed by atoms with E-state index in [9.17, 15) is 0 Å². The van der Waals surface area contributed by atoms with E-state index in [1.54, 1.807) is 0 Å². The summed E-state index contributed by atoms with van der Waals surface area (Å²) in [5.74, 6) is 0. The highest BCUT2D eigenvalue weighted by molar-refractivity contribution is 5.85. The maximum absolute atomic E-state index is 3.41. The average molecular weight is 255 g/mol. The van der Waals surface area contributed by atoms with E-state index in [4.69, 9.17) is 0 Å². The molecule has 1 N–H and O–H groups in total. The van der Waals surface area contributed by atoms with E-state index in [0.717, 1.165) is 12.6 Å². The summed E-state index contributed by atoms with van der Waals surface area (Å²) in [4.78, 5) is 2.49. The van der Waals surface area contributed by atoms with Crippen molar-refractivity contribution in [1.82, 2.24) is 10.2 Å². The molecule has 3 heteroatoms. The summed E-state index contributed by atoms with van der Waals surface area (Å²) in [7, 11) is 2.25. The summed E-state index contributed by atoms with van der Waals surface area (Å²) in [5.41, 5.74) is 2.76. The van der Waals surface area contributed by atoms with Crippen LogP contribution in [0.5, 0.6) is 0 Å². The van der Waals surface area contributed by atoms with Gasteiger partial charge < -0.3 is 5.32 Å². The smallest absolute Gasteiger partial charge is 0.0233 e. The van der Waals surface area contributed by atoms with Crippen molar-refractivity contribution in [2.75, 3.05) is 20.1 Å². The van der Waals surface area contributed by atoms with Gasteiger partial charge in [-0.2, -0.15) is 0 Å². The molecule has 0 bridgehead atoms. The van der Waals surface area contributed by atoms with Crippen molar-refractivity contribution in [3.05, 3.63) is 35.4 Å². The molecule has 0 aromatic heterocycles. The van der Waals surface area contributed by atoms with Crippen molar-refractivity contribution >= 4 is 12.4 Å². The van der Waals surface area contributed by atoms with Gasteiger partial charge in [0.25, 0.3) is 0 Å². The lowest BCUT2D eigenvalue weighted by molar-refractivity contribution is 0.192. The van der Waals surface area contributed by atoms with E-state index in [2.05, 4.69) is 48.5 Å². The molecule has 0 atom stereocenters. The molecule has 1 aromatic carbocycles. The second-order valence-electron chi connectivity index (χ2n) is 4.88. The van der Waals surface area contributed by atoms with Crippen molar-refractivity contribution in [1.29, 1.82) is 0 Å². The second-order valence-corrected chi connectivity index (χ2v) is 4.88. The zero-order valence-corrected chi connectivity index (χ0v) is 11.6. The Labute approximate surface area is 111 Å². The molecule has 96 valence electrons. The molecule has 1 aliphatic rings. The van der Waals surface area contributed by atoms with Gasteiger partial charge in [0.1, 0.15) is 0 Å². The Morgan fingerprint density at radius 1 is 1.18 bits per heavy atom. The van der Waals surface area contributed by atoms with Crippen LogP contribution in [0.4, 0.5) is 0 Å². The maximum Gasteiger partial charge on any atom is 0.0233 e. The number of rotatable bonds is 3. The van der Waals surface area contributed by atoms with Crippen LogP contribution in [0.3, 0.4) is 0 Å². The van der Waals surface area contributed by atoms with Crippen LogP contribution in [-0.2, 0) is 6.54 Å². The first-order chi connectivity index (χ1) is 7.75. The normalized spacial score (nSPS) is 16.9. The van der Waals surface area contributed by atoms with Gasteiger partial charge in [-0.25, -0.2) is 0 Å². The Bertz CT molecular complexity index is 317. The highest BCUT2D eigenvalue weighted by Gasteiger charge is 2.17. The first kappa shape index (κ1) is 14.5. The van der Waals surface area contributed by atoms with E-state index in [1.807, 2.05) is 0 Å². The SMILES string of the molecule is Cc1ccc(CN(C)C2CCNCC2)cc1.Cl. The lowest BCUT2D eigenvalue weighted by atomic mass is 10.0. The van der Waals surface area contributed by atoms with Crippen molar-refractivity contribution in [2.45, 2.75) is 32.4 Å². The number of hydrogen-bond donors (Lipinski definition) is 1. The molecule has 1 saturated heterocycles. The number of aryl methyl sites for hydroxylation is 1. The third-order valence-electron chi connectivity index (χ3n) is 3.48. The van der Waals surface area contributed by atoms with Crippen LogP contribution in [-0.4, -0.2) is 31.1 Å². The van der Waals surface area contributed by atoms with Crippen molar-refractivity contribution < 1.29 is 0 Å². The van der Waals surface area contributed by atoms with Gasteiger partial charge in [0.2, 0.25) is 0 Å². The summed E-state index contributed by atoms with van der Waals surface area (Å²) in [6, 6.07) is 9.64. The Morgan fingerprint density at radius 3 is 2.35 bits per heavy atom. The predicted octanol–water partition coefficient (Wildman–Crippen LogP) is 2.60. The Balaban J connectivity index is 0.00000144. The van der Waals surface area contributed by atoms with E-state index in [1.165, 1.54) is 37.1 Å². The van der Waals surface area contributed by atoms with Gasteiger partial charge in [-0.05, 0) is 45.5 Å². The number of piperidine rings is 1. The fourth-order valence-electron chi connectivity index (χ4n) is 2.36. The second kappa shape index (κ2) is 7.00. The fourth-order valence-corrected chi connectivity index (χ4v) is 2.36. The third kappa shape index (κ3) is 4.30. The van der Waals surface area contributed by atoms with Crippen LogP contribution in [0.25, 0.3) is 0 Å². The summed E-state index contributed by atoms with van der Waals surface area (Å²) >= 11 is 0. The molecule has 1 aliphatic heterocycles. The lowest BCUT2D eigenvalue weighted by Crippen LogP contribution is -2.40. The summed E-state index contributed by atoms with van der Waals surface area (Å²) in [5, 5.41) is 3.41. The van der Waals surface area contributed by atoms with Crippen LogP contribution < -0.4 is 5.32 Å². The molecule has 1 fully saturated rings. The molecular formula is C14H23ClN2. The highest BCUT2D eigenvalue weighted by atomic mass is 35.5. The molecule has 0 saturated carbocycles. The fraction of sp³-hybridized carbons (Fsp3) is 0.571. The Kier molecular flexibility index (Phi) is 5.96. The number of nitrogens with one attached hydrogen (secondary N) is 1. The van der Waals surface area contributed by atoms with E-state index >= 15 is 0 Å². The van der Waals surface area contributed by atoms with Gasteiger partial charge in [0.15, 0.2) is 0 Å². The first-order valence-corrected chi connectivity index (χ1v) is 6.22. The van der Waals surface area contributed by atoms with E-state index in [0.29, 0.717) is 0 Å². The largest absolute Gasteiger partial charge is 0.317 e. The highest BCUT2D eigenvalue weighted by Crippen LogP contribution is 2.13. The minimum Gasteiger partial charge on any atom is -0.317 e. The maximum atomic E-state index is 3.41. The van der Waals surface area contributed by atoms with Crippen molar-refractivity contribution in [3.8, 4) is 0 Å². The minimum absolute atomic E-state index is 0. The number of benzene rings is 1. The third-order valence-corrected chi connectivity index (χ3v) is 3.48. The number of hydrogen-bond acceptors (Lipinski definition) is 2. The molecule has 2 nitrogen and oxygen atoms in total. The molecule has 1 heterocycles. The minimum atomic E-state index is 0. The van der Waals surface area contributed by atoms with Crippen LogP contribution >= 0.6 is 12.4 Å². The molecular weight excluding hydrogens is 232 g/mol. The van der Waals surface area contributed by atoms with Gasteiger partial charge in [0, 0.05) is 12.6 Å². The molecule has 0 unspecified atom stereocenters. The first-order valence-electron chi connectivity index (χ1n) is 6.22. The van der Waals surface area contributed by atoms with Gasteiger partial charge in [0.05, 0.1) is 0 Å². The summed E-state index contributed by atoms with van der Waals surface area (Å²) in [6.45, 7) is 5.55. The van der Waals surface area contributed by atoms with Crippen molar-refractivity contribution in [2.24, 2.45) is 0 Å². The molecule has 0 radical (unpaired) electrons. The van der Waals surface area contributed by atoms with Gasteiger partial charge in [-0.15, -0.1) is 12.4 Å².